The normalized spacial score (nSPS) is 14.7. The standard InChI is InChI=1S/C13H24N4O6/c1-6(2)3-7(14)11(20)16-8(4-10(15)19)12(21)17-9(5-18)13(22)23/h6-9,18H,3-5,14H2,1-2H3,(H2,15,19)(H,16,20)(H,17,21)(H,22,23). The van der Waals surface area contributed by atoms with Gasteiger partial charge in [0.05, 0.1) is 19.1 Å². The molecule has 0 heterocycles. The summed E-state index contributed by atoms with van der Waals surface area (Å²) >= 11 is 0. The fourth-order valence-electron chi connectivity index (χ4n) is 1.76. The number of carbonyl (C=O) groups is 4. The third-order valence-corrected chi connectivity index (χ3v) is 2.90. The van der Waals surface area contributed by atoms with E-state index in [0.717, 1.165) is 0 Å². The lowest BCUT2D eigenvalue weighted by molar-refractivity contribution is -0.143. The number of carboxylic acids is 1. The van der Waals surface area contributed by atoms with E-state index < -0.39 is 54.8 Å². The summed E-state index contributed by atoms with van der Waals surface area (Å²) < 4.78 is 0. The fraction of sp³-hybridized carbons (Fsp3) is 0.692. The summed E-state index contributed by atoms with van der Waals surface area (Å²) in [6, 6.07) is -3.81. The van der Waals surface area contributed by atoms with Gasteiger partial charge in [0.1, 0.15) is 12.1 Å². The lowest BCUT2D eigenvalue weighted by Gasteiger charge is -2.22. The number of aliphatic hydroxyl groups is 1. The number of nitrogens with one attached hydrogen (secondary N) is 2. The number of amides is 3. The highest BCUT2D eigenvalue weighted by Crippen LogP contribution is 2.04. The highest BCUT2D eigenvalue weighted by Gasteiger charge is 2.28. The zero-order valence-electron chi connectivity index (χ0n) is 13.1. The third-order valence-electron chi connectivity index (χ3n) is 2.90. The van der Waals surface area contributed by atoms with Crippen molar-refractivity contribution in [3.8, 4) is 0 Å². The average molecular weight is 332 g/mol. The number of nitrogens with two attached hydrogens (primary N) is 2. The van der Waals surface area contributed by atoms with Crippen LogP contribution in [0.15, 0.2) is 0 Å². The Balaban J connectivity index is 4.93. The van der Waals surface area contributed by atoms with Crippen molar-refractivity contribution < 1.29 is 29.4 Å². The Kier molecular flexibility index (Phi) is 8.81. The minimum atomic E-state index is -1.56. The molecule has 8 N–H and O–H groups in total. The molecular formula is C13H24N4O6. The number of primary amides is 1. The number of carboxylic acid groups (broad SMARTS) is 1. The quantitative estimate of drug-likeness (QED) is 0.251. The van der Waals surface area contributed by atoms with Gasteiger partial charge in [-0.15, -0.1) is 0 Å². The van der Waals surface area contributed by atoms with Crippen molar-refractivity contribution in [1.29, 1.82) is 0 Å². The second-order valence-corrected chi connectivity index (χ2v) is 5.55. The Morgan fingerprint density at radius 2 is 1.57 bits per heavy atom. The van der Waals surface area contributed by atoms with Gasteiger partial charge >= 0.3 is 5.97 Å². The van der Waals surface area contributed by atoms with E-state index in [1.165, 1.54) is 0 Å². The predicted molar refractivity (Wildman–Crippen MR) is 79.8 cm³/mol. The molecule has 10 heteroatoms. The third kappa shape index (κ3) is 8.12. The minimum Gasteiger partial charge on any atom is -0.480 e. The van der Waals surface area contributed by atoms with Gasteiger partial charge in [0.2, 0.25) is 17.7 Å². The predicted octanol–water partition coefficient (Wildman–Crippen LogP) is -2.72. The Morgan fingerprint density at radius 1 is 1.04 bits per heavy atom. The molecule has 0 aliphatic rings. The van der Waals surface area contributed by atoms with Crippen molar-refractivity contribution in [3.63, 3.8) is 0 Å². The molecule has 0 fully saturated rings. The first-order valence-electron chi connectivity index (χ1n) is 7.06. The van der Waals surface area contributed by atoms with Crippen LogP contribution in [-0.2, 0) is 19.2 Å². The van der Waals surface area contributed by atoms with Gasteiger partial charge in [-0.25, -0.2) is 4.79 Å². The van der Waals surface area contributed by atoms with Crippen LogP contribution < -0.4 is 22.1 Å². The summed E-state index contributed by atoms with van der Waals surface area (Å²) in [4.78, 5) is 45.7. The second kappa shape index (κ2) is 9.74. The van der Waals surface area contributed by atoms with Crippen LogP contribution in [0.2, 0.25) is 0 Å². The van der Waals surface area contributed by atoms with Gasteiger partial charge in [-0.1, -0.05) is 13.8 Å². The van der Waals surface area contributed by atoms with Crippen LogP contribution in [0, 0.1) is 5.92 Å². The van der Waals surface area contributed by atoms with E-state index in [4.69, 9.17) is 21.7 Å². The molecular weight excluding hydrogens is 308 g/mol. The number of hydrogen-bond donors (Lipinski definition) is 6. The maximum Gasteiger partial charge on any atom is 0.328 e. The first-order valence-corrected chi connectivity index (χ1v) is 7.06. The van der Waals surface area contributed by atoms with E-state index in [1.54, 1.807) is 0 Å². The number of hydrogen-bond acceptors (Lipinski definition) is 6. The molecule has 0 aromatic heterocycles. The lowest BCUT2D eigenvalue weighted by Crippen LogP contribution is -2.56. The van der Waals surface area contributed by atoms with E-state index in [-0.39, 0.29) is 5.92 Å². The Labute approximate surface area is 133 Å². The fourth-order valence-corrected chi connectivity index (χ4v) is 1.76. The van der Waals surface area contributed by atoms with Crippen LogP contribution in [-0.4, -0.2) is 58.6 Å². The molecule has 0 spiro atoms. The minimum absolute atomic E-state index is 0.143. The van der Waals surface area contributed by atoms with Crippen LogP contribution in [0.1, 0.15) is 26.7 Å². The van der Waals surface area contributed by atoms with Crippen LogP contribution >= 0.6 is 0 Å². The molecule has 0 bridgehead atoms. The molecule has 0 aromatic carbocycles. The molecule has 0 saturated heterocycles. The average Bonchev–Trinajstić information content (AvgIpc) is 2.41. The highest BCUT2D eigenvalue weighted by molar-refractivity contribution is 5.94. The van der Waals surface area contributed by atoms with Gasteiger partial charge in [-0.3, -0.25) is 14.4 Å². The van der Waals surface area contributed by atoms with Gasteiger partial charge in [-0.05, 0) is 12.3 Å². The molecule has 3 unspecified atom stereocenters. The van der Waals surface area contributed by atoms with Gasteiger partial charge in [0, 0.05) is 0 Å². The summed E-state index contributed by atoms with van der Waals surface area (Å²) in [5, 5.41) is 21.9. The van der Waals surface area contributed by atoms with Gasteiger partial charge < -0.3 is 32.3 Å². The van der Waals surface area contributed by atoms with E-state index >= 15 is 0 Å². The maximum absolute atomic E-state index is 12.0. The number of aliphatic hydroxyl groups excluding tert-OH is 1. The van der Waals surface area contributed by atoms with Crippen molar-refractivity contribution in [2.45, 2.75) is 44.8 Å². The molecule has 132 valence electrons. The molecule has 0 aliphatic heterocycles. The molecule has 0 aliphatic carbocycles. The second-order valence-electron chi connectivity index (χ2n) is 5.55. The van der Waals surface area contributed by atoms with E-state index in [1.807, 2.05) is 19.2 Å². The monoisotopic (exact) mass is 332 g/mol. The van der Waals surface area contributed by atoms with E-state index in [2.05, 4.69) is 5.32 Å². The summed E-state index contributed by atoms with van der Waals surface area (Å²) in [6.07, 6.45) is -0.158. The zero-order chi connectivity index (χ0) is 18.2. The zero-order valence-corrected chi connectivity index (χ0v) is 13.1. The van der Waals surface area contributed by atoms with Gasteiger partial charge in [0.15, 0.2) is 0 Å². The number of rotatable bonds is 10. The van der Waals surface area contributed by atoms with Gasteiger partial charge in [-0.2, -0.15) is 0 Å². The molecule has 0 radical (unpaired) electrons. The first kappa shape index (κ1) is 20.8. The maximum atomic E-state index is 12.0. The van der Waals surface area contributed by atoms with Crippen LogP contribution in [0.4, 0.5) is 0 Å². The van der Waals surface area contributed by atoms with Crippen LogP contribution in [0.5, 0.6) is 0 Å². The van der Waals surface area contributed by atoms with Gasteiger partial charge in [0.25, 0.3) is 0 Å². The van der Waals surface area contributed by atoms with E-state index in [9.17, 15) is 19.2 Å². The summed E-state index contributed by atoms with van der Waals surface area (Å²) in [7, 11) is 0. The summed E-state index contributed by atoms with van der Waals surface area (Å²) in [5.74, 6) is -3.78. The smallest absolute Gasteiger partial charge is 0.328 e. The highest BCUT2D eigenvalue weighted by atomic mass is 16.4. The largest absolute Gasteiger partial charge is 0.480 e. The number of carbonyl (C=O) groups excluding carboxylic acids is 3. The summed E-state index contributed by atoms with van der Waals surface area (Å²) in [5.41, 5.74) is 10.7. The van der Waals surface area contributed by atoms with Crippen molar-refractivity contribution in [2.75, 3.05) is 6.61 Å². The van der Waals surface area contributed by atoms with Crippen molar-refractivity contribution in [2.24, 2.45) is 17.4 Å². The Hall–Kier alpha value is -2.20. The van der Waals surface area contributed by atoms with Crippen molar-refractivity contribution in [1.82, 2.24) is 10.6 Å². The van der Waals surface area contributed by atoms with Crippen molar-refractivity contribution in [3.05, 3.63) is 0 Å². The Bertz CT molecular complexity index is 454. The Morgan fingerprint density at radius 3 is 1.96 bits per heavy atom. The lowest BCUT2D eigenvalue weighted by atomic mass is 10.0. The van der Waals surface area contributed by atoms with Crippen LogP contribution in [0.3, 0.4) is 0 Å². The van der Waals surface area contributed by atoms with Crippen molar-refractivity contribution >= 4 is 23.7 Å². The molecule has 0 saturated carbocycles. The molecule has 3 atom stereocenters. The molecule has 0 aromatic rings. The molecule has 0 rings (SSSR count). The van der Waals surface area contributed by atoms with Crippen LogP contribution in [0.25, 0.3) is 0 Å². The first-order chi connectivity index (χ1) is 10.6. The number of aliphatic carboxylic acids is 1. The molecule has 10 nitrogen and oxygen atoms in total. The molecule has 23 heavy (non-hydrogen) atoms. The van der Waals surface area contributed by atoms with E-state index in [0.29, 0.717) is 6.42 Å². The topological polar surface area (TPSA) is 185 Å². The summed E-state index contributed by atoms with van der Waals surface area (Å²) in [6.45, 7) is 2.88. The SMILES string of the molecule is CC(C)CC(N)C(=O)NC(CC(N)=O)C(=O)NC(CO)C(=O)O. The molecule has 3 amide bonds.